The van der Waals surface area contributed by atoms with Gasteiger partial charge in [0.15, 0.2) is 0 Å². The summed E-state index contributed by atoms with van der Waals surface area (Å²) in [5, 5.41) is 9.36. The Kier molecular flexibility index (Phi) is 9.60. The van der Waals surface area contributed by atoms with Crippen molar-refractivity contribution in [2.75, 3.05) is 5.75 Å². The molecular formula is C22H28O2S2. The number of hydrogen-bond donors (Lipinski definition) is 1. The van der Waals surface area contributed by atoms with E-state index in [-0.39, 0.29) is 6.42 Å². The van der Waals surface area contributed by atoms with Crippen LogP contribution in [0.15, 0.2) is 60.6 Å². The van der Waals surface area contributed by atoms with E-state index in [1.807, 2.05) is 53.9 Å². The van der Waals surface area contributed by atoms with Crippen LogP contribution in [0, 0.1) is 0 Å². The van der Waals surface area contributed by atoms with Crippen molar-refractivity contribution in [3.05, 3.63) is 71.8 Å². The summed E-state index contributed by atoms with van der Waals surface area (Å²) in [4.78, 5) is 10.7. The van der Waals surface area contributed by atoms with Crippen LogP contribution in [0.25, 0.3) is 0 Å². The number of carbonyl (C=O) groups is 1. The largest absolute Gasteiger partial charge is 0.481 e. The fourth-order valence-electron chi connectivity index (χ4n) is 2.66. The zero-order chi connectivity index (χ0) is 19.3. The first-order valence-electron chi connectivity index (χ1n) is 9.64. The first-order chi connectivity index (χ1) is 13.1. The Bertz CT molecular complexity index is 679. The van der Waals surface area contributed by atoms with Gasteiger partial charge < -0.3 is 5.11 Å². The summed E-state index contributed by atoms with van der Waals surface area (Å²) in [5.41, 5.74) is 2.44. The Morgan fingerprint density at radius 3 is 2.42 bits per heavy atom. The van der Waals surface area contributed by atoms with Crippen LogP contribution in [0.3, 0.4) is 0 Å². The quantitative estimate of drug-likeness (QED) is 0.410. The maximum absolute atomic E-state index is 10.7. The van der Waals surface area contributed by atoms with Crippen molar-refractivity contribution in [1.29, 1.82) is 0 Å². The van der Waals surface area contributed by atoms with E-state index < -0.39 is 5.97 Å². The highest BCUT2D eigenvalue weighted by Crippen LogP contribution is 2.27. The van der Waals surface area contributed by atoms with Crippen LogP contribution in [-0.4, -0.2) is 22.1 Å². The van der Waals surface area contributed by atoms with Crippen molar-refractivity contribution in [2.45, 2.75) is 48.9 Å². The van der Waals surface area contributed by atoms with Gasteiger partial charge in [0, 0.05) is 23.2 Å². The molecule has 0 saturated heterocycles. The molecule has 0 bridgehead atoms. The first-order valence-corrected chi connectivity index (χ1v) is 11.3. The van der Waals surface area contributed by atoms with Crippen molar-refractivity contribution in [3.63, 3.8) is 0 Å². The van der Waals surface area contributed by atoms with E-state index in [9.17, 15) is 4.79 Å². The van der Waals surface area contributed by atoms with Crippen LogP contribution < -0.4 is 0 Å². The van der Waals surface area contributed by atoms with Crippen LogP contribution in [0.1, 0.15) is 44.6 Å². The summed E-state index contributed by atoms with van der Waals surface area (Å²) in [6.07, 6.45) is 4.19. The molecule has 0 heterocycles. The topological polar surface area (TPSA) is 37.3 Å². The molecule has 2 aromatic rings. The monoisotopic (exact) mass is 389 g/mol. The predicted octanol–water partition coefficient (Wildman–Crippen LogP) is 6.26. The fourth-order valence-corrected chi connectivity index (χ4v) is 5.05. The molecule has 0 saturated carbocycles. The van der Waals surface area contributed by atoms with E-state index in [1.165, 1.54) is 5.56 Å². The number of rotatable bonds is 13. The minimum atomic E-state index is -0.701. The highest BCUT2D eigenvalue weighted by atomic mass is 32.2. The maximum atomic E-state index is 10.7. The molecule has 2 nitrogen and oxygen atoms in total. The van der Waals surface area contributed by atoms with Crippen molar-refractivity contribution in [1.82, 2.24) is 0 Å². The lowest BCUT2D eigenvalue weighted by molar-refractivity contribution is -0.137. The molecule has 0 aliphatic carbocycles. The third-order valence-corrected chi connectivity index (χ3v) is 6.59. The minimum absolute atomic E-state index is 0.269. The maximum Gasteiger partial charge on any atom is 0.303 e. The van der Waals surface area contributed by atoms with Crippen molar-refractivity contribution in [3.8, 4) is 0 Å². The second-order valence-corrected chi connectivity index (χ2v) is 8.68. The Morgan fingerprint density at radius 1 is 0.962 bits per heavy atom. The number of thioether (sulfide) groups is 2. The summed E-state index contributed by atoms with van der Waals surface area (Å²) in [7, 11) is 0. The molecule has 1 unspecified atom stereocenters. The van der Waals surface area contributed by atoms with Gasteiger partial charge in [0.1, 0.15) is 0 Å². The highest BCUT2D eigenvalue weighted by Gasteiger charge is 2.10. The van der Waals surface area contributed by atoms with Crippen LogP contribution >= 0.6 is 23.5 Å². The molecule has 1 atom stereocenters. The van der Waals surface area contributed by atoms with E-state index in [0.29, 0.717) is 11.3 Å². The standard InChI is InChI=1S/C22H28O2S2/c23-22(24)14-8-7-13-21(26-18-20-11-5-2-6-12-20)15-16-25-17-19-9-3-1-4-10-19/h1-6,9-12,21H,7-8,13-18H2,(H,23,24)/i9D. The predicted molar refractivity (Wildman–Crippen MR) is 115 cm³/mol. The molecule has 0 spiro atoms. The Hall–Kier alpha value is -1.39. The average molecular weight is 390 g/mol. The number of aliphatic carboxylic acids is 1. The van der Waals surface area contributed by atoms with Gasteiger partial charge in [0.05, 0.1) is 1.37 Å². The lowest BCUT2D eigenvalue weighted by Gasteiger charge is -2.16. The number of hydrogen-bond acceptors (Lipinski definition) is 3. The number of carboxylic acid groups (broad SMARTS) is 1. The highest BCUT2D eigenvalue weighted by molar-refractivity contribution is 7.99. The molecule has 1 N–H and O–H groups in total. The van der Waals surface area contributed by atoms with Gasteiger partial charge in [-0.05, 0) is 36.1 Å². The SMILES string of the molecule is [2H]c1ccccc1CSCCC(CCCCC(=O)O)SCc1ccccc1. The third-order valence-electron chi connectivity index (χ3n) is 4.11. The molecule has 2 aromatic carbocycles. The van der Waals surface area contributed by atoms with Gasteiger partial charge in [-0.15, -0.1) is 0 Å². The lowest BCUT2D eigenvalue weighted by Crippen LogP contribution is -2.06. The summed E-state index contributed by atoms with van der Waals surface area (Å²) in [6.45, 7) is 0. The molecule has 4 heteroatoms. The molecule has 0 radical (unpaired) electrons. The molecule has 0 aliphatic rings. The summed E-state index contributed by atoms with van der Waals surface area (Å²) in [5.74, 6) is 2.26. The van der Waals surface area contributed by atoms with Gasteiger partial charge in [-0.3, -0.25) is 4.79 Å². The Morgan fingerprint density at radius 2 is 1.69 bits per heavy atom. The second kappa shape index (κ2) is 12.9. The van der Waals surface area contributed by atoms with Crippen LogP contribution in [0.4, 0.5) is 0 Å². The van der Waals surface area contributed by atoms with Gasteiger partial charge in [-0.25, -0.2) is 0 Å². The van der Waals surface area contributed by atoms with Gasteiger partial charge >= 0.3 is 5.97 Å². The van der Waals surface area contributed by atoms with Crippen molar-refractivity contribution >= 4 is 29.5 Å². The summed E-state index contributed by atoms with van der Waals surface area (Å²) in [6, 6.07) is 18.9. The molecular weight excluding hydrogens is 360 g/mol. The van der Waals surface area contributed by atoms with E-state index in [1.54, 1.807) is 0 Å². The van der Waals surface area contributed by atoms with Crippen molar-refractivity contribution in [2.24, 2.45) is 0 Å². The zero-order valence-corrected chi connectivity index (χ0v) is 16.7. The summed E-state index contributed by atoms with van der Waals surface area (Å²) < 4.78 is 7.93. The molecule has 0 aromatic heterocycles. The molecule has 0 amide bonds. The smallest absolute Gasteiger partial charge is 0.303 e. The molecule has 2 rings (SSSR count). The number of unbranched alkanes of at least 4 members (excludes halogenated alkanes) is 1. The van der Waals surface area contributed by atoms with E-state index >= 15 is 0 Å². The van der Waals surface area contributed by atoms with Gasteiger partial charge in [0.25, 0.3) is 0 Å². The summed E-state index contributed by atoms with van der Waals surface area (Å²) >= 11 is 3.87. The van der Waals surface area contributed by atoms with E-state index in [4.69, 9.17) is 6.48 Å². The number of carboxylic acids is 1. The van der Waals surface area contributed by atoms with Gasteiger partial charge in [-0.2, -0.15) is 23.5 Å². The third kappa shape index (κ3) is 9.35. The number of benzene rings is 2. The molecule has 140 valence electrons. The molecule has 0 fully saturated rings. The fraction of sp³-hybridized carbons (Fsp3) is 0.409. The van der Waals surface area contributed by atoms with Crippen LogP contribution in [0.2, 0.25) is 0 Å². The first kappa shape index (κ1) is 19.4. The molecule has 26 heavy (non-hydrogen) atoms. The van der Waals surface area contributed by atoms with Crippen molar-refractivity contribution < 1.29 is 11.3 Å². The lowest BCUT2D eigenvalue weighted by atomic mass is 10.1. The Balaban J connectivity index is 1.75. The molecule has 0 aliphatic heterocycles. The van der Waals surface area contributed by atoms with Gasteiger partial charge in [-0.1, -0.05) is 67.1 Å². The van der Waals surface area contributed by atoms with Crippen LogP contribution in [-0.2, 0) is 16.3 Å². The van der Waals surface area contributed by atoms with E-state index in [2.05, 4.69) is 24.3 Å². The average Bonchev–Trinajstić information content (AvgIpc) is 2.67. The second-order valence-electron chi connectivity index (χ2n) is 6.29. The van der Waals surface area contributed by atoms with Crippen LogP contribution in [0.5, 0.6) is 0 Å². The van der Waals surface area contributed by atoms with Gasteiger partial charge in [0.2, 0.25) is 0 Å². The Labute approximate surface area is 167 Å². The minimum Gasteiger partial charge on any atom is -0.481 e. The van der Waals surface area contributed by atoms with E-state index in [0.717, 1.165) is 48.5 Å². The normalized spacial score (nSPS) is 12.5. The zero-order valence-electron chi connectivity index (χ0n) is 16.1.